The Morgan fingerprint density at radius 2 is 1.96 bits per heavy atom. The van der Waals surface area contributed by atoms with Crippen LogP contribution < -0.4 is 16.4 Å². The highest BCUT2D eigenvalue weighted by atomic mass is 35.5. The lowest BCUT2D eigenvalue weighted by Gasteiger charge is -2.12. The van der Waals surface area contributed by atoms with E-state index in [1.807, 2.05) is 12.2 Å². The maximum absolute atomic E-state index is 11.9. The fourth-order valence-electron chi connectivity index (χ4n) is 1.49. The Hall–Kier alpha value is -1.99. The number of amides is 3. The lowest BCUT2D eigenvalue weighted by Crippen LogP contribution is -2.44. The zero-order valence-electron chi connectivity index (χ0n) is 12.6. The van der Waals surface area contributed by atoms with Gasteiger partial charge in [0.15, 0.2) is 6.61 Å². The summed E-state index contributed by atoms with van der Waals surface area (Å²) in [5.74, 6) is -1.64. The summed E-state index contributed by atoms with van der Waals surface area (Å²) in [5.41, 5.74) is 5.59. The van der Waals surface area contributed by atoms with Crippen LogP contribution in [-0.2, 0) is 9.53 Å². The molecule has 0 radical (unpaired) electrons. The van der Waals surface area contributed by atoms with Crippen molar-refractivity contribution in [2.75, 3.05) is 12.3 Å². The SMILES string of the molecule is CC[C@H](C)NC(=O)NC(=O)COC(=O)c1cc(Cl)cc(Cl)c1N. The molecule has 0 saturated carbocycles. The first-order chi connectivity index (χ1) is 10.7. The Balaban J connectivity index is 2.57. The van der Waals surface area contributed by atoms with Gasteiger partial charge in [0.05, 0.1) is 16.3 Å². The van der Waals surface area contributed by atoms with Crippen LogP contribution in [0.15, 0.2) is 12.1 Å². The number of urea groups is 1. The molecule has 0 heterocycles. The molecule has 0 aliphatic carbocycles. The normalized spacial score (nSPS) is 11.5. The Kier molecular flexibility index (Phi) is 7.12. The average molecular weight is 362 g/mol. The summed E-state index contributed by atoms with van der Waals surface area (Å²) < 4.78 is 4.78. The van der Waals surface area contributed by atoms with Crippen molar-refractivity contribution in [1.29, 1.82) is 0 Å². The first-order valence-corrected chi connectivity index (χ1v) is 7.52. The third kappa shape index (κ3) is 5.96. The molecule has 7 nitrogen and oxygen atoms in total. The maximum atomic E-state index is 11.9. The van der Waals surface area contributed by atoms with E-state index in [1.54, 1.807) is 6.92 Å². The molecular weight excluding hydrogens is 345 g/mol. The molecule has 0 unspecified atom stereocenters. The van der Waals surface area contributed by atoms with Crippen LogP contribution in [0.5, 0.6) is 0 Å². The van der Waals surface area contributed by atoms with Crippen molar-refractivity contribution in [3.8, 4) is 0 Å². The van der Waals surface area contributed by atoms with Gasteiger partial charge in [-0.1, -0.05) is 30.1 Å². The molecular formula is C14H17Cl2N3O4. The first-order valence-electron chi connectivity index (χ1n) is 6.76. The van der Waals surface area contributed by atoms with Crippen LogP contribution >= 0.6 is 23.2 Å². The lowest BCUT2D eigenvalue weighted by molar-refractivity contribution is -0.123. The van der Waals surface area contributed by atoms with E-state index in [1.165, 1.54) is 12.1 Å². The number of nitrogens with two attached hydrogens (primary N) is 1. The minimum Gasteiger partial charge on any atom is -0.452 e. The Bertz CT molecular complexity index is 622. The average Bonchev–Trinajstić information content (AvgIpc) is 2.48. The molecule has 0 spiro atoms. The molecule has 0 aromatic heterocycles. The van der Waals surface area contributed by atoms with E-state index in [-0.39, 0.29) is 27.3 Å². The fraction of sp³-hybridized carbons (Fsp3) is 0.357. The highest BCUT2D eigenvalue weighted by Gasteiger charge is 2.17. The summed E-state index contributed by atoms with van der Waals surface area (Å²) in [6, 6.07) is 1.91. The number of halogens is 2. The Morgan fingerprint density at radius 1 is 1.30 bits per heavy atom. The number of rotatable bonds is 5. The zero-order valence-corrected chi connectivity index (χ0v) is 14.1. The van der Waals surface area contributed by atoms with Gasteiger partial charge < -0.3 is 15.8 Å². The molecule has 1 aromatic carbocycles. The van der Waals surface area contributed by atoms with Crippen LogP contribution in [0.3, 0.4) is 0 Å². The number of esters is 1. The molecule has 0 aliphatic heterocycles. The number of anilines is 1. The van der Waals surface area contributed by atoms with Gasteiger partial charge in [0.1, 0.15) is 0 Å². The number of carbonyl (C=O) groups is 3. The minimum absolute atomic E-state index is 0.00371. The van der Waals surface area contributed by atoms with Gasteiger partial charge in [0, 0.05) is 11.1 Å². The van der Waals surface area contributed by atoms with Crippen LogP contribution in [0.1, 0.15) is 30.6 Å². The first kappa shape index (κ1) is 19.1. The monoisotopic (exact) mass is 361 g/mol. The van der Waals surface area contributed by atoms with Gasteiger partial charge in [-0.25, -0.2) is 9.59 Å². The van der Waals surface area contributed by atoms with Crippen molar-refractivity contribution < 1.29 is 19.1 Å². The number of hydrogen-bond donors (Lipinski definition) is 3. The van der Waals surface area contributed by atoms with Crippen molar-refractivity contribution in [1.82, 2.24) is 10.6 Å². The number of hydrogen-bond acceptors (Lipinski definition) is 5. The summed E-state index contributed by atoms with van der Waals surface area (Å²) in [5, 5.41) is 4.88. The number of ether oxygens (including phenoxy) is 1. The van der Waals surface area contributed by atoms with E-state index in [2.05, 4.69) is 5.32 Å². The predicted octanol–water partition coefficient (Wildman–Crippen LogP) is 2.36. The summed E-state index contributed by atoms with van der Waals surface area (Å²) >= 11 is 11.6. The number of carbonyl (C=O) groups excluding carboxylic acids is 3. The third-order valence-electron chi connectivity index (χ3n) is 2.89. The van der Waals surface area contributed by atoms with Crippen molar-refractivity contribution in [2.45, 2.75) is 26.3 Å². The molecule has 3 amide bonds. The smallest absolute Gasteiger partial charge is 0.340 e. The zero-order chi connectivity index (χ0) is 17.6. The molecule has 0 fully saturated rings. The minimum atomic E-state index is -0.871. The van der Waals surface area contributed by atoms with Gasteiger partial charge in [-0.2, -0.15) is 0 Å². The topological polar surface area (TPSA) is 111 Å². The Morgan fingerprint density at radius 3 is 2.57 bits per heavy atom. The highest BCUT2D eigenvalue weighted by molar-refractivity contribution is 6.37. The molecule has 4 N–H and O–H groups in total. The number of nitrogen functional groups attached to an aromatic ring is 1. The van der Waals surface area contributed by atoms with Gasteiger partial charge in [-0.3, -0.25) is 10.1 Å². The van der Waals surface area contributed by atoms with Crippen molar-refractivity contribution >= 4 is 46.8 Å². The molecule has 1 aromatic rings. The van der Waals surface area contributed by atoms with Crippen LogP contribution in [0.4, 0.5) is 10.5 Å². The van der Waals surface area contributed by atoms with Gasteiger partial charge in [0.25, 0.3) is 5.91 Å². The summed E-state index contributed by atoms with van der Waals surface area (Å²) in [6.07, 6.45) is 0.714. The van der Waals surface area contributed by atoms with E-state index in [0.29, 0.717) is 6.42 Å². The molecule has 0 aliphatic rings. The number of benzene rings is 1. The van der Waals surface area contributed by atoms with Crippen LogP contribution in [0.25, 0.3) is 0 Å². The fourth-order valence-corrected chi connectivity index (χ4v) is 1.98. The summed E-state index contributed by atoms with van der Waals surface area (Å²) in [6.45, 7) is 3.03. The van der Waals surface area contributed by atoms with Crippen molar-refractivity contribution in [3.05, 3.63) is 27.7 Å². The van der Waals surface area contributed by atoms with Gasteiger partial charge in [0.2, 0.25) is 0 Å². The van der Waals surface area contributed by atoms with Gasteiger partial charge in [-0.05, 0) is 25.5 Å². The van der Waals surface area contributed by atoms with Gasteiger partial charge >= 0.3 is 12.0 Å². The maximum Gasteiger partial charge on any atom is 0.340 e. The van der Waals surface area contributed by atoms with Gasteiger partial charge in [-0.15, -0.1) is 0 Å². The standard InChI is InChI=1S/C14H17Cl2N3O4/c1-3-7(2)18-14(22)19-11(20)6-23-13(21)9-4-8(15)5-10(16)12(9)17/h4-5,7H,3,6,17H2,1-2H3,(H2,18,19,20,22)/t7-/m0/s1. The van der Waals surface area contributed by atoms with Crippen molar-refractivity contribution in [2.24, 2.45) is 0 Å². The predicted molar refractivity (Wildman–Crippen MR) is 87.6 cm³/mol. The molecule has 1 atom stereocenters. The number of nitrogens with one attached hydrogen (secondary N) is 2. The van der Waals surface area contributed by atoms with E-state index in [4.69, 9.17) is 33.7 Å². The molecule has 0 saturated heterocycles. The Labute approximate surface area is 143 Å². The van der Waals surface area contributed by atoms with Crippen LogP contribution in [-0.4, -0.2) is 30.6 Å². The lowest BCUT2D eigenvalue weighted by atomic mass is 10.2. The molecule has 0 bridgehead atoms. The molecule has 23 heavy (non-hydrogen) atoms. The number of imide groups is 1. The quantitative estimate of drug-likeness (QED) is 0.550. The highest BCUT2D eigenvalue weighted by Crippen LogP contribution is 2.27. The summed E-state index contributed by atoms with van der Waals surface area (Å²) in [4.78, 5) is 34.9. The van der Waals surface area contributed by atoms with Crippen molar-refractivity contribution in [3.63, 3.8) is 0 Å². The second kappa shape index (κ2) is 8.59. The summed E-state index contributed by atoms with van der Waals surface area (Å²) in [7, 11) is 0. The van der Waals surface area contributed by atoms with E-state index in [9.17, 15) is 14.4 Å². The molecule has 1 rings (SSSR count). The van der Waals surface area contributed by atoms with E-state index in [0.717, 1.165) is 0 Å². The van der Waals surface area contributed by atoms with Crippen LogP contribution in [0.2, 0.25) is 10.0 Å². The molecule has 126 valence electrons. The second-order valence-electron chi connectivity index (χ2n) is 4.76. The largest absolute Gasteiger partial charge is 0.452 e. The van der Waals surface area contributed by atoms with E-state index >= 15 is 0 Å². The van der Waals surface area contributed by atoms with Crippen LogP contribution in [0, 0.1) is 0 Å². The third-order valence-corrected chi connectivity index (χ3v) is 3.42. The van der Waals surface area contributed by atoms with E-state index < -0.39 is 24.5 Å². The second-order valence-corrected chi connectivity index (χ2v) is 5.60. The molecule has 9 heteroatoms.